The van der Waals surface area contributed by atoms with E-state index in [0.717, 1.165) is 102 Å². The van der Waals surface area contributed by atoms with Crippen molar-refractivity contribution in [3.05, 3.63) is 0 Å². The molecule has 17 nitrogen and oxygen atoms in total. The van der Waals surface area contributed by atoms with Gasteiger partial charge in [-0.2, -0.15) is 0 Å². The number of aliphatic hydroxyl groups is 1. The van der Waals surface area contributed by atoms with Gasteiger partial charge in [-0.25, -0.2) is 9.13 Å². The van der Waals surface area contributed by atoms with Gasteiger partial charge in [-0.15, -0.1) is 0 Å². The molecule has 0 amide bonds. The van der Waals surface area contributed by atoms with Gasteiger partial charge in [0.05, 0.1) is 26.4 Å². The van der Waals surface area contributed by atoms with Crippen LogP contribution in [0.4, 0.5) is 0 Å². The second kappa shape index (κ2) is 64.4. The van der Waals surface area contributed by atoms with Crippen LogP contribution >= 0.6 is 15.6 Å². The van der Waals surface area contributed by atoms with Crippen LogP contribution in [0.3, 0.4) is 0 Å². The predicted octanol–water partition coefficient (Wildman–Crippen LogP) is 20.5. The zero-order chi connectivity index (χ0) is 66.3. The topological polar surface area (TPSA) is 237 Å². The first-order valence-electron chi connectivity index (χ1n) is 37.1. The number of rotatable bonds is 71. The molecule has 534 valence electrons. The maximum atomic E-state index is 13.0. The van der Waals surface area contributed by atoms with Gasteiger partial charge in [-0.3, -0.25) is 37.3 Å². The van der Waals surface area contributed by atoms with Gasteiger partial charge in [-0.05, 0) is 31.6 Å². The van der Waals surface area contributed by atoms with Crippen molar-refractivity contribution in [2.24, 2.45) is 5.92 Å². The maximum Gasteiger partial charge on any atom is 0.472 e. The molecule has 0 fully saturated rings. The molecule has 0 radical (unpaired) electrons. The van der Waals surface area contributed by atoms with Gasteiger partial charge in [0.15, 0.2) is 12.2 Å². The summed E-state index contributed by atoms with van der Waals surface area (Å²) in [5, 5.41) is 10.6. The summed E-state index contributed by atoms with van der Waals surface area (Å²) >= 11 is 0. The molecule has 19 heteroatoms. The zero-order valence-corrected chi connectivity index (χ0v) is 60.1. The molecule has 0 aromatic carbocycles. The van der Waals surface area contributed by atoms with Crippen LogP contribution in [-0.4, -0.2) is 96.7 Å². The molecule has 0 spiro atoms. The first-order chi connectivity index (χ1) is 43.5. The molecular formula is C71H138O17P2. The number of unbranched alkanes of at least 4 members (excludes halogenated alkanes) is 43. The van der Waals surface area contributed by atoms with Crippen LogP contribution in [0.2, 0.25) is 0 Å². The molecule has 0 heterocycles. The molecule has 0 rings (SSSR count). The lowest BCUT2D eigenvalue weighted by Crippen LogP contribution is -2.30. The first-order valence-corrected chi connectivity index (χ1v) is 40.1. The molecule has 0 aromatic heterocycles. The largest absolute Gasteiger partial charge is 0.472 e. The number of hydrogen-bond acceptors (Lipinski definition) is 15. The fraction of sp³-hybridized carbons (Fsp3) is 0.944. The Kier molecular flexibility index (Phi) is 63.0. The van der Waals surface area contributed by atoms with Crippen LogP contribution in [0.15, 0.2) is 0 Å². The Morgan fingerprint density at radius 1 is 0.300 bits per heavy atom. The first kappa shape index (κ1) is 88.1. The molecule has 0 saturated heterocycles. The fourth-order valence-electron chi connectivity index (χ4n) is 10.8. The van der Waals surface area contributed by atoms with Gasteiger partial charge in [0.1, 0.15) is 19.3 Å². The molecule has 0 saturated carbocycles. The highest BCUT2D eigenvalue weighted by Gasteiger charge is 2.30. The van der Waals surface area contributed by atoms with Gasteiger partial charge in [0.25, 0.3) is 0 Å². The Morgan fingerprint density at radius 3 is 0.756 bits per heavy atom. The van der Waals surface area contributed by atoms with Crippen LogP contribution in [0.5, 0.6) is 0 Å². The number of hydrogen-bond donors (Lipinski definition) is 3. The normalized spacial score (nSPS) is 14.1. The minimum atomic E-state index is -4.95. The molecule has 0 aliphatic heterocycles. The molecular weight excluding hydrogens is 1190 g/mol. The summed E-state index contributed by atoms with van der Waals surface area (Å²) in [5.74, 6) is -1.34. The van der Waals surface area contributed by atoms with E-state index in [0.29, 0.717) is 25.7 Å². The second-order valence-electron chi connectivity index (χ2n) is 26.1. The summed E-state index contributed by atoms with van der Waals surface area (Å²) < 4.78 is 68.3. The number of ether oxygens (including phenoxy) is 4. The predicted molar refractivity (Wildman–Crippen MR) is 363 cm³/mol. The van der Waals surface area contributed by atoms with E-state index in [1.54, 1.807) is 0 Å². The zero-order valence-electron chi connectivity index (χ0n) is 58.3. The number of phosphoric ester groups is 2. The van der Waals surface area contributed by atoms with Crippen molar-refractivity contribution in [2.45, 2.75) is 387 Å². The Morgan fingerprint density at radius 2 is 0.511 bits per heavy atom. The SMILES string of the molecule is CCCCCCCCCCCCCCCCCCC(=O)O[C@H](COC(=O)CCCCCCCCCCCCCCC(C)C)COP(=O)(O)OC[C@@H](O)COP(=O)(O)OC[C@@H](COC(=O)CCCCCCCCCC)OC(=O)CCCCCCCCCCCCC. The number of carbonyl (C=O) groups excluding carboxylic acids is 4. The summed E-state index contributed by atoms with van der Waals surface area (Å²) in [4.78, 5) is 72.5. The Balaban J connectivity index is 5.22. The van der Waals surface area contributed by atoms with Crippen LogP contribution in [0, 0.1) is 5.92 Å². The van der Waals surface area contributed by atoms with E-state index in [-0.39, 0.29) is 25.7 Å². The molecule has 3 N–H and O–H groups in total. The number of esters is 4. The summed E-state index contributed by atoms with van der Waals surface area (Å²) in [5.41, 5.74) is 0. The van der Waals surface area contributed by atoms with E-state index >= 15 is 0 Å². The monoisotopic (exact) mass is 1320 g/mol. The van der Waals surface area contributed by atoms with E-state index in [4.69, 9.17) is 37.0 Å². The number of phosphoric acid groups is 2. The Hall–Kier alpha value is -1.94. The van der Waals surface area contributed by atoms with Gasteiger partial charge in [0, 0.05) is 25.7 Å². The smallest absolute Gasteiger partial charge is 0.462 e. The average molecular weight is 1330 g/mol. The highest BCUT2D eigenvalue weighted by atomic mass is 31.2. The third kappa shape index (κ3) is 64.8. The molecule has 0 aliphatic carbocycles. The quantitative estimate of drug-likeness (QED) is 0.0222. The summed E-state index contributed by atoms with van der Waals surface area (Å²) in [7, 11) is -9.90. The second-order valence-corrected chi connectivity index (χ2v) is 29.0. The van der Waals surface area contributed by atoms with E-state index < -0.39 is 97.5 Å². The Bertz CT molecular complexity index is 1740. The van der Waals surface area contributed by atoms with Crippen LogP contribution in [-0.2, 0) is 65.4 Å². The number of carbonyl (C=O) groups is 4. The lowest BCUT2D eigenvalue weighted by Gasteiger charge is -2.21. The highest BCUT2D eigenvalue weighted by Crippen LogP contribution is 2.45. The van der Waals surface area contributed by atoms with Crippen LogP contribution in [0.1, 0.15) is 369 Å². The number of aliphatic hydroxyl groups excluding tert-OH is 1. The maximum absolute atomic E-state index is 13.0. The van der Waals surface area contributed by atoms with Crippen LogP contribution < -0.4 is 0 Å². The van der Waals surface area contributed by atoms with Crippen molar-refractivity contribution in [1.82, 2.24) is 0 Å². The minimum Gasteiger partial charge on any atom is -0.462 e. The molecule has 0 aromatic rings. The van der Waals surface area contributed by atoms with Gasteiger partial charge in [-0.1, -0.05) is 317 Å². The molecule has 5 atom stereocenters. The van der Waals surface area contributed by atoms with Gasteiger partial charge >= 0.3 is 39.5 Å². The highest BCUT2D eigenvalue weighted by molar-refractivity contribution is 7.47. The van der Waals surface area contributed by atoms with Crippen LogP contribution in [0.25, 0.3) is 0 Å². The standard InChI is InChI=1S/C71H138O17P2/c1-6-9-12-15-18-21-23-24-25-26-27-33-37-42-47-52-57-71(76)88-67(61-82-69(74)55-50-45-40-35-32-29-28-31-34-38-43-48-53-64(4)5)63-86-90(79,80)84-59-65(72)58-83-89(77,78)85-62-66(60-81-68(73)54-49-44-39-20-17-14-11-8-3)87-70(75)56-51-46-41-36-30-22-19-16-13-10-7-2/h64-67,72H,6-63H2,1-5H3,(H,77,78)(H,79,80)/t65-,66+,67+/m0/s1. The molecule has 90 heavy (non-hydrogen) atoms. The Labute approximate surface area is 549 Å². The van der Waals surface area contributed by atoms with Crippen molar-refractivity contribution in [2.75, 3.05) is 39.6 Å². The molecule has 0 aliphatic rings. The van der Waals surface area contributed by atoms with Crippen molar-refractivity contribution >= 4 is 39.5 Å². The third-order valence-corrected chi connectivity index (χ3v) is 18.4. The third-order valence-electron chi connectivity index (χ3n) is 16.5. The van der Waals surface area contributed by atoms with Crippen molar-refractivity contribution in [1.29, 1.82) is 0 Å². The molecule has 0 bridgehead atoms. The average Bonchev–Trinajstić information content (AvgIpc) is 3.69. The van der Waals surface area contributed by atoms with Crippen molar-refractivity contribution in [3.63, 3.8) is 0 Å². The minimum absolute atomic E-state index is 0.107. The lowest BCUT2D eigenvalue weighted by molar-refractivity contribution is -0.161. The molecule has 2 unspecified atom stereocenters. The van der Waals surface area contributed by atoms with Gasteiger partial charge < -0.3 is 33.8 Å². The van der Waals surface area contributed by atoms with Gasteiger partial charge in [0.2, 0.25) is 0 Å². The van der Waals surface area contributed by atoms with E-state index in [1.165, 1.54) is 186 Å². The summed E-state index contributed by atoms with van der Waals surface area (Å²) in [6.07, 6.45) is 51.3. The van der Waals surface area contributed by atoms with E-state index in [9.17, 15) is 43.2 Å². The summed E-state index contributed by atoms with van der Waals surface area (Å²) in [6.45, 7) is 7.24. The van der Waals surface area contributed by atoms with Crippen molar-refractivity contribution < 1.29 is 80.2 Å². The fourth-order valence-corrected chi connectivity index (χ4v) is 12.4. The van der Waals surface area contributed by atoms with E-state index in [2.05, 4.69) is 34.6 Å². The lowest BCUT2D eigenvalue weighted by atomic mass is 10.0. The van der Waals surface area contributed by atoms with Crippen molar-refractivity contribution in [3.8, 4) is 0 Å². The van der Waals surface area contributed by atoms with E-state index in [1.807, 2.05) is 0 Å². The summed E-state index contributed by atoms with van der Waals surface area (Å²) in [6, 6.07) is 0.